The first-order chi connectivity index (χ1) is 15.6. The molecule has 5 rings (SSSR count). The fourth-order valence-corrected chi connectivity index (χ4v) is 4.57. The molecule has 0 spiro atoms. The Morgan fingerprint density at radius 1 is 1.00 bits per heavy atom. The van der Waals surface area contributed by atoms with E-state index in [9.17, 15) is 9.59 Å². The molecule has 3 heterocycles. The Hall–Kier alpha value is -3.68. The molecular weight excluding hydrogens is 406 g/mol. The van der Waals surface area contributed by atoms with Crippen LogP contribution in [-0.2, 0) is 4.74 Å². The summed E-state index contributed by atoms with van der Waals surface area (Å²) in [5, 5.41) is 6.83. The molecule has 2 aliphatic heterocycles. The number of aromatic nitrogens is 3. The van der Waals surface area contributed by atoms with Gasteiger partial charge in [0.05, 0.1) is 12.7 Å². The molecule has 2 saturated heterocycles. The molecular formula is C24H25N5O3. The number of ether oxygens (including phenoxy) is 1. The molecule has 2 aromatic carbocycles. The number of amides is 2. The van der Waals surface area contributed by atoms with E-state index >= 15 is 0 Å². The van der Waals surface area contributed by atoms with Crippen LogP contribution in [-0.4, -0.2) is 70.3 Å². The largest absolute Gasteiger partial charge is 0.465 e. The molecule has 1 N–H and O–H groups in total. The Kier molecular flexibility index (Phi) is 5.34. The van der Waals surface area contributed by atoms with Crippen molar-refractivity contribution in [3.63, 3.8) is 0 Å². The lowest BCUT2D eigenvalue weighted by Crippen LogP contribution is -2.53. The summed E-state index contributed by atoms with van der Waals surface area (Å²) in [6, 6.07) is 15.8. The van der Waals surface area contributed by atoms with Gasteiger partial charge in [0.25, 0.3) is 0 Å². The minimum absolute atomic E-state index is 0.104. The lowest BCUT2D eigenvalue weighted by atomic mass is 9.90. The van der Waals surface area contributed by atoms with Crippen LogP contribution < -0.4 is 0 Å². The Morgan fingerprint density at radius 3 is 2.47 bits per heavy atom. The second kappa shape index (κ2) is 8.45. The second-order valence-corrected chi connectivity index (χ2v) is 8.35. The number of hydrogen-bond donors (Lipinski definition) is 1. The Labute approximate surface area is 186 Å². The van der Waals surface area contributed by atoms with Gasteiger partial charge in [-0.1, -0.05) is 42.5 Å². The van der Waals surface area contributed by atoms with Gasteiger partial charge >= 0.3 is 12.0 Å². The van der Waals surface area contributed by atoms with E-state index in [1.807, 2.05) is 40.1 Å². The predicted octanol–water partition coefficient (Wildman–Crippen LogP) is 3.27. The highest BCUT2D eigenvalue weighted by Crippen LogP contribution is 2.32. The van der Waals surface area contributed by atoms with Crippen LogP contribution in [0.5, 0.6) is 0 Å². The number of aromatic amines is 1. The number of urea groups is 1. The van der Waals surface area contributed by atoms with Crippen LogP contribution in [0.15, 0.2) is 54.9 Å². The molecule has 164 valence electrons. The molecule has 0 unspecified atom stereocenters. The van der Waals surface area contributed by atoms with Crippen molar-refractivity contribution in [3.05, 3.63) is 71.8 Å². The topological polar surface area (TPSA) is 91.4 Å². The highest BCUT2D eigenvalue weighted by atomic mass is 16.5. The summed E-state index contributed by atoms with van der Waals surface area (Å²) < 4.78 is 4.90. The van der Waals surface area contributed by atoms with Crippen molar-refractivity contribution >= 4 is 12.0 Å². The zero-order valence-corrected chi connectivity index (χ0v) is 17.9. The molecule has 2 amide bonds. The fraction of sp³-hybridized carbons (Fsp3) is 0.333. The maximum atomic E-state index is 12.9. The molecule has 1 atom stereocenters. The van der Waals surface area contributed by atoms with Crippen LogP contribution in [0.3, 0.4) is 0 Å². The fourth-order valence-electron chi connectivity index (χ4n) is 4.57. The average molecular weight is 431 g/mol. The SMILES string of the molecule is COC(=O)c1ccccc1-c1ccc(C2CN(C(=O)N3CC[C@H](c4ncn[nH]4)C3)C2)cc1. The normalized spacial score (nSPS) is 18.5. The van der Waals surface area contributed by atoms with Gasteiger partial charge in [0.2, 0.25) is 0 Å². The van der Waals surface area contributed by atoms with Crippen LogP contribution in [0.25, 0.3) is 11.1 Å². The van der Waals surface area contributed by atoms with E-state index in [1.54, 1.807) is 6.07 Å². The highest BCUT2D eigenvalue weighted by Gasteiger charge is 2.37. The van der Waals surface area contributed by atoms with E-state index in [4.69, 9.17) is 4.74 Å². The van der Waals surface area contributed by atoms with Crippen molar-refractivity contribution in [1.82, 2.24) is 25.0 Å². The minimum atomic E-state index is -0.342. The quantitative estimate of drug-likeness (QED) is 0.640. The number of likely N-dealkylation sites (tertiary alicyclic amines) is 2. The van der Waals surface area contributed by atoms with E-state index in [2.05, 4.69) is 27.3 Å². The lowest BCUT2D eigenvalue weighted by molar-refractivity contribution is 0.0601. The van der Waals surface area contributed by atoms with Crippen molar-refractivity contribution in [2.24, 2.45) is 0 Å². The number of hydrogen-bond acceptors (Lipinski definition) is 5. The Morgan fingerprint density at radius 2 is 1.75 bits per heavy atom. The van der Waals surface area contributed by atoms with Gasteiger partial charge in [-0.3, -0.25) is 5.10 Å². The van der Waals surface area contributed by atoms with Crippen molar-refractivity contribution < 1.29 is 14.3 Å². The van der Waals surface area contributed by atoms with E-state index < -0.39 is 0 Å². The monoisotopic (exact) mass is 431 g/mol. The Balaban J connectivity index is 1.20. The van der Waals surface area contributed by atoms with Crippen LogP contribution in [0.4, 0.5) is 4.79 Å². The van der Waals surface area contributed by atoms with Crippen molar-refractivity contribution in [3.8, 4) is 11.1 Å². The zero-order chi connectivity index (χ0) is 22.1. The summed E-state index contributed by atoms with van der Waals surface area (Å²) in [5.74, 6) is 1.08. The molecule has 0 aliphatic carbocycles. The third kappa shape index (κ3) is 3.72. The smallest absolute Gasteiger partial charge is 0.338 e. The van der Waals surface area contributed by atoms with Gasteiger partial charge in [-0.2, -0.15) is 5.10 Å². The first kappa shape index (κ1) is 20.2. The molecule has 0 saturated carbocycles. The standard InChI is InChI=1S/C24H25N5O3/c1-32-23(30)21-5-3-2-4-20(21)17-8-6-16(7-9-17)19-13-29(14-19)24(31)28-11-10-18(12-28)22-25-15-26-27-22/h2-9,15,18-19H,10-14H2,1H3,(H,25,26,27)/t18-/m0/s1. The van der Waals surface area contributed by atoms with Crippen LogP contribution >= 0.6 is 0 Å². The maximum Gasteiger partial charge on any atom is 0.338 e. The van der Waals surface area contributed by atoms with Crippen LogP contribution in [0.1, 0.15) is 40.0 Å². The molecule has 32 heavy (non-hydrogen) atoms. The zero-order valence-electron chi connectivity index (χ0n) is 17.9. The van der Waals surface area contributed by atoms with Crippen LogP contribution in [0, 0.1) is 0 Å². The van der Waals surface area contributed by atoms with Crippen LogP contribution in [0.2, 0.25) is 0 Å². The summed E-state index contributed by atoms with van der Waals surface area (Å²) >= 11 is 0. The van der Waals surface area contributed by atoms with Crippen molar-refractivity contribution in [1.29, 1.82) is 0 Å². The van der Waals surface area contributed by atoms with Crippen molar-refractivity contribution in [2.75, 3.05) is 33.3 Å². The number of carbonyl (C=O) groups excluding carboxylic acids is 2. The summed E-state index contributed by atoms with van der Waals surface area (Å²) in [6.45, 7) is 2.88. The van der Waals surface area contributed by atoms with Gasteiger partial charge < -0.3 is 14.5 Å². The molecule has 3 aromatic rings. The summed E-state index contributed by atoms with van der Waals surface area (Å²) in [7, 11) is 1.39. The molecule has 8 heteroatoms. The maximum absolute atomic E-state index is 12.9. The van der Waals surface area contributed by atoms with E-state index in [-0.39, 0.29) is 17.9 Å². The number of nitrogens with zero attached hydrogens (tertiary/aromatic N) is 4. The van der Waals surface area contributed by atoms with E-state index in [0.29, 0.717) is 18.0 Å². The lowest BCUT2D eigenvalue weighted by Gasteiger charge is -2.41. The third-order valence-corrected chi connectivity index (χ3v) is 6.46. The minimum Gasteiger partial charge on any atom is -0.465 e. The first-order valence-corrected chi connectivity index (χ1v) is 10.8. The molecule has 2 fully saturated rings. The number of methoxy groups -OCH3 is 1. The van der Waals surface area contributed by atoms with E-state index in [0.717, 1.165) is 43.0 Å². The van der Waals surface area contributed by atoms with Gasteiger partial charge in [0.1, 0.15) is 12.2 Å². The van der Waals surface area contributed by atoms with Gasteiger partial charge in [-0.05, 0) is 29.2 Å². The highest BCUT2D eigenvalue weighted by molar-refractivity contribution is 5.97. The van der Waals surface area contributed by atoms with Gasteiger partial charge in [-0.15, -0.1) is 0 Å². The Bertz CT molecular complexity index is 1110. The number of esters is 1. The predicted molar refractivity (Wildman–Crippen MR) is 118 cm³/mol. The van der Waals surface area contributed by atoms with Gasteiger partial charge in [0.15, 0.2) is 0 Å². The third-order valence-electron chi connectivity index (χ3n) is 6.46. The molecule has 2 aliphatic rings. The van der Waals surface area contributed by atoms with Gasteiger partial charge in [-0.25, -0.2) is 14.6 Å². The summed E-state index contributed by atoms with van der Waals surface area (Å²) in [4.78, 5) is 33.0. The number of rotatable bonds is 4. The molecule has 0 radical (unpaired) electrons. The molecule has 1 aromatic heterocycles. The molecule has 0 bridgehead atoms. The van der Waals surface area contributed by atoms with E-state index in [1.165, 1.54) is 19.0 Å². The first-order valence-electron chi connectivity index (χ1n) is 10.8. The second-order valence-electron chi connectivity index (χ2n) is 8.35. The number of H-pyrrole nitrogens is 1. The molecule has 8 nitrogen and oxygen atoms in total. The van der Waals surface area contributed by atoms with Gasteiger partial charge in [0, 0.05) is 38.0 Å². The number of carbonyl (C=O) groups is 2. The number of benzene rings is 2. The summed E-state index contributed by atoms with van der Waals surface area (Å²) in [5.41, 5.74) is 3.58. The average Bonchev–Trinajstić information content (AvgIpc) is 3.50. The number of nitrogens with one attached hydrogen (secondary N) is 1. The summed E-state index contributed by atoms with van der Waals surface area (Å²) in [6.07, 6.45) is 2.42. The van der Waals surface area contributed by atoms with Crippen molar-refractivity contribution in [2.45, 2.75) is 18.3 Å².